The molecule has 0 spiro atoms. The first-order valence-corrected chi connectivity index (χ1v) is 7.52. The molecule has 124 valence electrons. The topological polar surface area (TPSA) is 35.2 Å². The van der Waals surface area contributed by atoms with Gasteiger partial charge in [0, 0.05) is 6.04 Å². The van der Waals surface area contributed by atoms with E-state index in [0.717, 1.165) is 11.6 Å². The summed E-state index contributed by atoms with van der Waals surface area (Å²) in [7, 11) is 0. The van der Waals surface area contributed by atoms with Gasteiger partial charge in [-0.2, -0.15) is 13.2 Å². The van der Waals surface area contributed by atoms with Crippen LogP contribution >= 0.6 is 0 Å². The first-order valence-electron chi connectivity index (χ1n) is 7.52. The summed E-state index contributed by atoms with van der Waals surface area (Å²) in [5.41, 5.74) is 6.45. The lowest BCUT2D eigenvalue weighted by Gasteiger charge is -2.16. The van der Waals surface area contributed by atoms with Crippen molar-refractivity contribution in [3.63, 3.8) is 0 Å². The molecule has 1 atom stereocenters. The van der Waals surface area contributed by atoms with Crippen LogP contribution in [0.25, 0.3) is 0 Å². The van der Waals surface area contributed by atoms with Crippen molar-refractivity contribution in [2.45, 2.75) is 38.6 Å². The third kappa shape index (κ3) is 4.99. The van der Waals surface area contributed by atoms with Crippen LogP contribution in [-0.4, -0.2) is 6.04 Å². The fourth-order valence-corrected chi connectivity index (χ4v) is 2.23. The summed E-state index contributed by atoms with van der Waals surface area (Å²) in [4.78, 5) is 0. The van der Waals surface area contributed by atoms with Gasteiger partial charge in [0.1, 0.15) is 12.4 Å². The van der Waals surface area contributed by atoms with Gasteiger partial charge in [0.2, 0.25) is 0 Å². The molecule has 0 saturated heterocycles. The van der Waals surface area contributed by atoms with Gasteiger partial charge in [0.15, 0.2) is 0 Å². The van der Waals surface area contributed by atoms with E-state index < -0.39 is 11.7 Å². The molecule has 5 heteroatoms. The highest BCUT2D eigenvalue weighted by Crippen LogP contribution is 2.37. The van der Waals surface area contributed by atoms with Crippen LogP contribution in [0.4, 0.5) is 13.2 Å². The van der Waals surface area contributed by atoms with Gasteiger partial charge in [-0.3, -0.25) is 0 Å². The number of alkyl halides is 3. The SMILES string of the molecule is CCC(N)Cc1ccc(OCc2ccccc2)c(C(F)(F)F)c1. The summed E-state index contributed by atoms with van der Waals surface area (Å²) in [6, 6.07) is 13.1. The number of hydrogen-bond donors (Lipinski definition) is 1. The van der Waals surface area contributed by atoms with E-state index >= 15 is 0 Å². The quantitative estimate of drug-likeness (QED) is 0.845. The van der Waals surface area contributed by atoms with E-state index in [9.17, 15) is 13.2 Å². The minimum Gasteiger partial charge on any atom is -0.488 e. The van der Waals surface area contributed by atoms with Crippen molar-refractivity contribution in [2.24, 2.45) is 5.73 Å². The van der Waals surface area contributed by atoms with E-state index in [1.165, 1.54) is 6.07 Å². The maximum atomic E-state index is 13.3. The van der Waals surface area contributed by atoms with Crippen molar-refractivity contribution in [3.8, 4) is 5.75 Å². The molecule has 23 heavy (non-hydrogen) atoms. The smallest absolute Gasteiger partial charge is 0.419 e. The van der Waals surface area contributed by atoms with Crippen LogP contribution in [0.1, 0.15) is 30.0 Å². The van der Waals surface area contributed by atoms with Gasteiger partial charge in [-0.05, 0) is 36.1 Å². The lowest BCUT2D eigenvalue weighted by Crippen LogP contribution is -2.21. The number of halogens is 3. The molecule has 0 fully saturated rings. The van der Waals surface area contributed by atoms with E-state index in [0.29, 0.717) is 18.4 Å². The Hall–Kier alpha value is -2.01. The van der Waals surface area contributed by atoms with Crippen molar-refractivity contribution >= 4 is 0 Å². The molecule has 2 aromatic rings. The molecule has 0 aromatic heterocycles. The number of benzene rings is 2. The second-order valence-corrected chi connectivity index (χ2v) is 5.47. The lowest BCUT2D eigenvalue weighted by atomic mass is 10.0. The Bertz CT molecular complexity index is 626. The van der Waals surface area contributed by atoms with Gasteiger partial charge < -0.3 is 10.5 Å². The Kier molecular flexibility index (Phi) is 5.66. The van der Waals surface area contributed by atoms with Crippen molar-refractivity contribution in [3.05, 3.63) is 65.2 Å². The normalized spacial score (nSPS) is 12.9. The average molecular weight is 323 g/mol. The number of ether oxygens (including phenoxy) is 1. The third-order valence-electron chi connectivity index (χ3n) is 3.61. The van der Waals surface area contributed by atoms with Crippen LogP contribution in [0.15, 0.2) is 48.5 Å². The minimum absolute atomic E-state index is 0.0950. The van der Waals surface area contributed by atoms with E-state index in [2.05, 4.69) is 0 Å². The molecule has 0 radical (unpaired) electrons. The van der Waals surface area contributed by atoms with E-state index in [4.69, 9.17) is 10.5 Å². The van der Waals surface area contributed by atoms with Gasteiger partial charge in [-0.15, -0.1) is 0 Å². The number of nitrogens with two attached hydrogens (primary N) is 1. The van der Waals surface area contributed by atoms with Crippen LogP contribution in [0, 0.1) is 0 Å². The summed E-state index contributed by atoms with van der Waals surface area (Å²) in [6.45, 7) is 2.00. The molecule has 0 aliphatic heterocycles. The second kappa shape index (κ2) is 7.51. The molecular weight excluding hydrogens is 303 g/mol. The predicted molar refractivity (Wildman–Crippen MR) is 84.2 cm³/mol. The average Bonchev–Trinajstić information content (AvgIpc) is 2.53. The zero-order valence-corrected chi connectivity index (χ0v) is 12.9. The molecule has 2 aromatic carbocycles. The maximum absolute atomic E-state index is 13.3. The highest BCUT2D eigenvalue weighted by Gasteiger charge is 2.34. The van der Waals surface area contributed by atoms with Crippen LogP contribution in [0.2, 0.25) is 0 Å². The Labute approximate surface area is 134 Å². The van der Waals surface area contributed by atoms with Crippen LogP contribution in [0.3, 0.4) is 0 Å². The molecule has 0 amide bonds. The summed E-state index contributed by atoms with van der Waals surface area (Å²) in [5.74, 6) is -0.157. The fraction of sp³-hybridized carbons (Fsp3) is 0.333. The second-order valence-electron chi connectivity index (χ2n) is 5.47. The molecule has 1 unspecified atom stereocenters. The minimum atomic E-state index is -4.46. The van der Waals surface area contributed by atoms with Gasteiger partial charge in [0.25, 0.3) is 0 Å². The van der Waals surface area contributed by atoms with Crippen molar-refractivity contribution in [1.82, 2.24) is 0 Å². The monoisotopic (exact) mass is 323 g/mol. The number of hydrogen-bond acceptors (Lipinski definition) is 2. The predicted octanol–water partition coefficient (Wildman–Crippen LogP) is 4.56. The van der Waals surface area contributed by atoms with E-state index in [1.807, 2.05) is 37.3 Å². The van der Waals surface area contributed by atoms with Gasteiger partial charge in [-0.25, -0.2) is 0 Å². The Morgan fingerprint density at radius 1 is 1.04 bits per heavy atom. The lowest BCUT2D eigenvalue weighted by molar-refractivity contribution is -0.139. The Balaban J connectivity index is 2.21. The number of rotatable bonds is 6. The molecule has 2 N–H and O–H groups in total. The molecule has 0 bridgehead atoms. The van der Waals surface area contributed by atoms with E-state index in [1.54, 1.807) is 6.07 Å². The molecule has 0 aliphatic rings. The molecule has 0 saturated carbocycles. The van der Waals surface area contributed by atoms with E-state index in [-0.39, 0.29) is 18.4 Å². The Morgan fingerprint density at radius 2 is 1.74 bits per heavy atom. The zero-order valence-electron chi connectivity index (χ0n) is 12.9. The zero-order chi connectivity index (χ0) is 16.9. The standard InChI is InChI=1S/C18H20F3NO/c1-2-15(22)10-14-8-9-17(16(11-14)18(19,20)21)23-12-13-6-4-3-5-7-13/h3-9,11,15H,2,10,12,22H2,1H3. The van der Waals surface area contributed by atoms with Crippen molar-refractivity contribution < 1.29 is 17.9 Å². The summed E-state index contributed by atoms with van der Waals surface area (Å²) in [5, 5.41) is 0. The van der Waals surface area contributed by atoms with Gasteiger partial charge in [0.05, 0.1) is 5.56 Å². The molecule has 2 rings (SSSR count). The summed E-state index contributed by atoms with van der Waals surface area (Å²) < 4.78 is 45.2. The first-order chi connectivity index (χ1) is 10.9. The molecule has 0 heterocycles. The highest BCUT2D eigenvalue weighted by atomic mass is 19.4. The summed E-state index contributed by atoms with van der Waals surface area (Å²) >= 11 is 0. The van der Waals surface area contributed by atoms with Gasteiger partial charge in [-0.1, -0.05) is 43.3 Å². The van der Waals surface area contributed by atoms with Crippen LogP contribution in [-0.2, 0) is 19.2 Å². The fourth-order valence-electron chi connectivity index (χ4n) is 2.23. The van der Waals surface area contributed by atoms with Crippen LogP contribution in [0.5, 0.6) is 5.75 Å². The van der Waals surface area contributed by atoms with Gasteiger partial charge >= 0.3 is 6.18 Å². The maximum Gasteiger partial charge on any atom is 0.419 e. The Morgan fingerprint density at radius 3 is 2.35 bits per heavy atom. The molecule has 2 nitrogen and oxygen atoms in total. The van der Waals surface area contributed by atoms with Crippen molar-refractivity contribution in [1.29, 1.82) is 0 Å². The third-order valence-corrected chi connectivity index (χ3v) is 3.61. The van der Waals surface area contributed by atoms with Crippen molar-refractivity contribution in [2.75, 3.05) is 0 Å². The highest BCUT2D eigenvalue weighted by molar-refractivity contribution is 5.40. The first kappa shape index (κ1) is 17.3. The van der Waals surface area contributed by atoms with Crippen LogP contribution < -0.4 is 10.5 Å². The molecule has 0 aliphatic carbocycles. The summed E-state index contributed by atoms with van der Waals surface area (Å²) in [6.07, 6.45) is -3.33. The molecular formula is C18H20F3NO. The largest absolute Gasteiger partial charge is 0.488 e.